The Kier molecular flexibility index (Phi) is 5.41. The van der Waals surface area contributed by atoms with Crippen molar-refractivity contribution in [2.45, 2.75) is 37.8 Å². The van der Waals surface area contributed by atoms with Gasteiger partial charge >= 0.3 is 12.1 Å². The van der Waals surface area contributed by atoms with E-state index in [1.165, 1.54) is 19.2 Å². The molecule has 1 heterocycles. The average molecular weight is 435 g/mol. The summed E-state index contributed by atoms with van der Waals surface area (Å²) in [7, 11) is 1.41. The Labute approximate surface area is 176 Å². The number of carboxylic acids is 1. The Hall–Kier alpha value is -3.03. The molecule has 1 fully saturated rings. The number of methoxy groups -OCH3 is 1. The number of carboxylic acid groups (broad SMARTS) is 1. The lowest BCUT2D eigenvalue weighted by atomic mass is 9.77. The minimum absolute atomic E-state index is 0.119. The van der Waals surface area contributed by atoms with E-state index < -0.39 is 35.5 Å². The number of hydrogen-bond acceptors (Lipinski definition) is 2. The van der Waals surface area contributed by atoms with Crippen molar-refractivity contribution in [2.75, 3.05) is 7.11 Å². The van der Waals surface area contributed by atoms with Gasteiger partial charge in [0.05, 0.1) is 18.5 Å². The van der Waals surface area contributed by atoms with Crippen molar-refractivity contribution < 1.29 is 32.2 Å². The second-order valence-corrected chi connectivity index (χ2v) is 7.81. The van der Waals surface area contributed by atoms with Crippen LogP contribution in [-0.4, -0.2) is 22.8 Å². The molecule has 3 aromatic rings. The number of fused-ring (bicyclic) bond motifs is 1. The summed E-state index contributed by atoms with van der Waals surface area (Å²) in [5.41, 5.74) is -0.198. The van der Waals surface area contributed by atoms with E-state index in [9.17, 15) is 27.5 Å². The predicted octanol–water partition coefficient (Wildman–Crippen LogP) is 6.16. The third-order valence-electron chi connectivity index (χ3n) is 6.05. The zero-order chi connectivity index (χ0) is 22.3. The van der Waals surface area contributed by atoms with Crippen molar-refractivity contribution in [3.8, 4) is 11.4 Å². The van der Waals surface area contributed by atoms with Crippen LogP contribution in [0.1, 0.15) is 42.9 Å². The van der Waals surface area contributed by atoms with Crippen LogP contribution in [0, 0.1) is 11.7 Å². The molecule has 0 bridgehead atoms. The molecule has 0 unspecified atom stereocenters. The molecule has 0 amide bonds. The molecular weight excluding hydrogens is 414 g/mol. The molecule has 1 aliphatic carbocycles. The summed E-state index contributed by atoms with van der Waals surface area (Å²) in [5.74, 6) is -2.15. The van der Waals surface area contributed by atoms with Crippen molar-refractivity contribution in [3.63, 3.8) is 0 Å². The van der Waals surface area contributed by atoms with E-state index in [4.69, 9.17) is 4.74 Å². The first kappa shape index (κ1) is 21.2. The van der Waals surface area contributed by atoms with E-state index >= 15 is 0 Å². The van der Waals surface area contributed by atoms with Crippen LogP contribution in [-0.2, 0) is 11.0 Å². The van der Waals surface area contributed by atoms with Gasteiger partial charge in [-0.25, -0.2) is 4.39 Å². The lowest BCUT2D eigenvalue weighted by molar-refractivity contribution is -0.144. The van der Waals surface area contributed by atoms with Crippen molar-refractivity contribution in [1.82, 2.24) is 4.57 Å². The van der Waals surface area contributed by atoms with Gasteiger partial charge in [0.1, 0.15) is 17.3 Å². The summed E-state index contributed by atoms with van der Waals surface area (Å²) in [5, 5.41) is 9.63. The maximum absolute atomic E-state index is 14.5. The molecule has 1 N–H and O–H groups in total. The second-order valence-electron chi connectivity index (χ2n) is 7.81. The van der Waals surface area contributed by atoms with Crippen molar-refractivity contribution in [1.29, 1.82) is 0 Å². The van der Waals surface area contributed by atoms with E-state index in [0.29, 0.717) is 42.3 Å². The highest BCUT2D eigenvalue weighted by Crippen LogP contribution is 2.49. The van der Waals surface area contributed by atoms with Gasteiger partial charge in [-0.3, -0.25) is 4.79 Å². The van der Waals surface area contributed by atoms with E-state index in [1.54, 1.807) is 18.2 Å². The maximum atomic E-state index is 14.5. The number of ether oxygens (including phenoxy) is 1. The quantitative estimate of drug-likeness (QED) is 0.500. The predicted molar refractivity (Wildman–Crippen MR) is 107 cm³/mol. The zero-order valence-electron chi connectivity index (χ0n) is 16.7. The van der Waals surface area contributed by atoms with Crippen LogP contribution >= 0.6 is 0 Å². The molecule has 0 spiro atoms. The van der Waals surface area contributed by atoms with E-state index in [1.807, 2.05) is 0 Å². The van der Waals surface area contributed by atoms with Gasteiger partial charge in [-0.15, -0.1) is 0 Å². The number of benzene rings is 2. The number of alkyl halides is 3. The number of carbonyl (C=O) groups is 1. The lowest BCUT2D eigenvalue weighted by Crippen LogP contribution is -2.22. The number of aliphatic carboxylic acids is 1. The monoisotopic (exact) mass is 435 g/mol. The number of halogens is 4. The Morgan fingerprint density at radius 2 is 1.71 bits per heavy atom. The molecule has 1 aromatic heterocycles. The first-order chi connectivity index (χ1) is 14.7. The molecule has 164 valence electrons. The topological polar surface area (TPSA) is 51.5 Å². The van der Waals surface area contributed by atoms with Crippen molar-refractivity contribution >= 4 is 16.9 Å². The molecule has 1 saturated carbocycles. The fourth-order valence-corrected chi connectivity index (χ4v) is 4.67. The van der Waals surface area contributed by atoms with Crippen LogP contribution < -0.4 is 4.74 Å². The van der Waals surface area contributed by atoms with Gasteiger partial charge in [0.2, 0.25) is 0 Å². The van der Waals surface area contributed by atoms with Gasteiger partial charge in [-0.2, -0.15) is 13.2 Å². The molecule has 31 heavy (non-hydrogen) atoms. The Morgan fingerprint density at radius 3 is 2.26 bits per heavy atom. The second kappa shape index (κ2) is 7.90. The molecule has 0 aliphatic heterocycles. The number of aromatic nitrogens is 1. The largest absolute Gasteiger partial charge is 0.496 e. The minimum Gasteiger partial charge on any atom is -0.496 e. The SMILES string of the molecule is COc1cccc2c1c(C1CCC(C(=O)O)CC1)c(C(F)(F)F)n2-c1ccc(F)cc1. The van der Waals surface area contributed by atoms with Crippen LogP contribution in [0.4, 0.5) is 17.6 Å². The van der Waals surface area contributed by atoms with Crippen LogP contribution in [0.2, 0.25) is 0 Å². The van der Waals surface area contributed by atoms with E-state index in [2.05, 4.69) is 0 Å². The number of rotatable bonds is 4. The fraction of sp³-hybridized carbons (Fsp3) is 0.348. The van der Waals surface area contributed by atoms with Gasteiger partial charge in [0.25, 0.3) is 0 Å². The average Bonchev–Trinajstić information content (AvgIpc) is 3.10. The summed E-state index contributed by atoms with van der Waals surface area (Å²) in [4.78, 5) is 11.3. The van der Waals surface area contributed by atoms with E-state index in [0.717, 1.165) is 16.7 Å². The van der Waals surface area contributed by atoms with Gasteiger partial charge in [0.15, 0.2) is 0 Å². The van der Waals surface area contributed by atoms with Crippen LogP contribution in [0.25, 0.3) is 16.6 Å². The summed E-state index contributed by atoms with van der Waals surface area (Å²) in [6.07, 6.45) is -3.38. The van der Waals surface area contributed by atoms with Crippen LogP contribution in [0.5, 0.6) is 5.75 Å². The van der Waals surface area contributed by atoms with Gasteiger partial charge in [-0.1, -0.05) is 6.07 Å². The van der Waals surface area contributed by atoms with Crippen molar-refractivity contribution in [3.05, 3.63) is 59.5 Å². The number of nitrogens with zero attached hydrogens (tertiary/aromatic N) is 1. The van der Waals surface area contributed by atoms with Gasteiger partial charge in [0, 0.05) is 11.1 Å². The summed E-state index contributed by atoms with van der Waals surface area (Å²) in [6.45, 7) is 0. The molecule has 0 saturated heterocycles. The van der Waals surface area contributed by atoms with Crippen molar-refractivity contribution in [2.24, 2.45) is 5.92 Å². The molecule has 4 rings (SSSR count). The first-order valence-corrected chi connectivity index (χ1v) is 9.99. The molecule has 0 atom stereocenters. The minimum atomic E-state index is -4.68. The standard InChI is InChI=1S/C23H21F4NO3/c1-31-18-4-2-3-17-20(18)19(13-5-7-14(8-6-13)22(29)30)21(23(25,26)27)28(17)16-11-9-15(24)10-12-16/h2-4,9-14H,5-8H2,1H3,(H,29,30). The van der Waals surface area contributed by atoms with Gasteiger partial charge < -0.3 is 14.4 Å². The van der Waals surface area contributed by atoms with Crippen LogP contribution in [0.15, 0.2) is 42.5 Å². The highest BCUT2D eigenvalue weighted by atomic mass is 19.4. The first-order valence-electron chi connectivity index (χ1n) is 9.99. The van der Waals surface area contributed by atoms with E-state index in [-0.39, 0.29) is 11.3 Å². The summed E-state index contributed by atoms with van der Waals surface area (Å²) < 4.78 is 63.4. The molecule has 0 radical (unpaired) electrons. The highest BCUT2D eigenvalue weighted by Gasteiger charge is 2.43. The summed E-state index contributed by atoms with van der Waals surface area (Å²) >= 11 is 0. The Bertz CT molecular complexity index is 1110. The Morgan fingerprint density at radius 1 is 1.06 bits per heavy atom. The third-order valence-corrected chi connectivity index (χ3v) is 6.05. The van der Waals surface area contributed by atoms with Gasteiger partial charge in [-0.05, 0) is 73.6 Å². The highest BCUT2D eigenvalue weighted by molar-refractivity contribution is 5.93. The molecule has 4 nitrogen and oxygen atoms in total. The fourth-order valence-electron chi connectivity index (χ4n) is 4.67. The molecule has 2 aromatic carbocycles. The zero-order valence-corrected chi connectivity index (χ0v) is 16.7. The molecule has 1 aliphatic rings. The Balaban J connectivity index is 2.00. The summed E-state index contributed by atoms with van der Waals surface area (Å²) in [6, 6.07) is 9.70. The molecule has 8 heteroatoms. The molecular formula is C23H21F4NO3. The third kappa shape index (κ3) is 3.75. The van der Waals surface area contributed by atoms with Crippen LogP contribution in [0.3, 0.4) is 0 Å². The lowest BCUT2D eigenvalue weighted by Gasteiger charge is -2.28. The maximum Gasteiger partial charge on any atom is 0.432 e. The number of hydrogen-bond donors (Lipinski definition) is 1. The smallest absolute Gasteiger partial charge is 0.432 e. The normalized spacial score (nSPS) is 19.5.